The van der Waals surface area contributed by atoms with Gasteiger partial charge in [0.25, 0.3) is 0 Å². The topological polar surface area (TPSA) is 47.3 Å². The van der Waals surface area contributed by atoms with Crippen LogP contribution >= 0.6 is 0 Å². The van der Waals surface area contributed by atoms with E-state index in [-0.39, 0.29) is 11.9 Å². The number of hydrazine groups is 1. The summed E-state index contributed by atoms with van der Waals surface area (Å²) in [5, 5.41) is 0. The largest absolute Gasteiger partial charge is 0.378 e. The normalized spacial score (nSPS) is 21.2. The second-order valence-electron chi connectivity index (χ2n) is 4.96. The van der Waals surface area contributed by atoms with Crippen LogP contribution in [0.4, 0.5) is 4.39 Å². The molecule has 4 heteroatoms. The highest BCUT2D eigenvalue weighted by molar-refractivity contribution is 5.26. The molecule has 2 atom stereocenters. The Morgan fingerprint density at radius 3 is 3.00 bits per heavy atom. The van der Waals surface area contributed by atoms with Gasteiger partial charge < -0.3 is 4.74 Å². The Morgan fingerprint density at radius 1 is 1.56 bits per heavy atom. The summed E-state index contributed by atoms with van der Waals surface area (Å²) in [5.74, 6) is 5.35. The minimum absolute atomic E-state index is 0.144. The Bertz CT molecular complexity index is 391. The fourth-order valence-electron chi connectivity index (χ4n) is 2.47. The summed E-state index contributed by atoms with van der Waals surface area (Å²) < 4.78 is 19.4. The number of benzene rings is 1. The molecule has 0 aromatic heterocycles. The van der Waals surface area contributed by atoms with E-state index in [4.69, 9.17) is 10.6 Å². The highest BCUT2D eigenvalue weighted by Gasteiger charge is 2.20. The number of hydrogen-bond acceptors (Lipinski definition) is 3. The maximum Gasteiger partial charge on any atom is 0.128 e. The third-order valence-corrected chi connectivity index (χ3v) is 3.53. The fraction of sp³-hybridized carbons (Fsp3) is 0.571. The molecule has 1 fully saturated rings. The van der Waals surface area contributed by atoms with Gasteiger partial charge in [0.15, 0.2) is 0 Å². The maximum absolute atomic E-state index is 13.9. The van der Waals surface area contributed by atoms with E-state index >= 15 is 0 Å². The lowest BCUT2D eigenvalue weighted by atomic mass is 9.98. The van der Waals surface area contributed by atoms with Crippen molar-refractivity contribution >= 4 is 0 Å². The van der Waals surface area contributed by atoms with Crippen LogP contribution in [0.25, 0.3) is 0 Å². The van der Waals surface area contributed by atoms with E-state index in [1.165, 1.54) is 0 Å². The third kappa shape index (κ3) is 3.28. The van der Waals surface area contributed by atoms with Crippen LogP contribution in [0.15, 0.2) is 18.2 Å². The Hall–Kier alpha value is -0.970. The van der Waals surface area contributed by atoms with Gasteiger partial charge in [-0.05, 0) is 44.2 Å². The monoisotopic (exact) mass is 252 g/mol. The Kier molecular flexibility index (Phi) is 4.69. The third-order valence-electron chi connectivity index (χ3n) is 3.53. The fourth-order valence-corrected chi connectivity index (χ4v) is 2.47. The average Bonchev–Trinajstić information content (AvgIpc) is 2.85. The Morgan fingerprint density at radius 2 is 2.39 bits per heavy atom. The second kappa shape index (κ2) is 6.27. The van der Waals surface area contributed by atoms with Gasteiger partial charge in [0.05, 0.1) is 6.10 Å². The first-order valence-corrected chi connectivity index (χ1v) is 6.54. The first kappa shape index (κ1) is 13.5. The molecule has 1 aliphatic heterocycles. The molecule has 0 aliphatic carbocycles. The minimum Gasteiger partial charge on any atom is -0.378 e. The van der Waals surface area contributed by atoms with E-state index in [1.807, 2.05) is 19.1 Å². The molecule has 0 bridgehead atoms. The molecule has 3 N–H and O–H groups in total. The van der Waals surface area contributed by atoms with Crippen molar-refractivity contribution in [2.75, 3.05) is 6.61 Å². The molecule has 0 spiro atoms. The van der Waals surface area contributed by atoms with E-state index in [0.717, 1.165) is 37.9 Å². The molecule has 3 nitrogen and oxygen atoms in total. The van der Waals surface area contributed by atoms with E-state index in [1.54, 1.807) is 6.07 Å². The van der Waals surface area contributed by atoms with Crippen molar-refractivity contribution in [3.8, 4) is 0 Å². The standard InChI is InChI=1S/C14H21FN2O/c1-10-4-6-12(13(15)9-10)14(17-16)7-5-11-3-2-8-18-11/h4,6,9,11,14,17H,2-3,5,7-8,16H2,1H3. The first-order chi connectivity index (χ1) is 8.70. The maximum atomic E-state index is 13.9. The van der Waals surface area contributed by atoms with Crippen molar-refractivity contribution in [2.45, 2.75) is 44.8 Å². The molecule has 18 heavy (non-hydrogen) atoms. The summed E-state index contributed by atoms with van der Waals surface area (Å²) in [5.41, 5.74) is 4.27. The lowest BCUT2D eigenvalue weighted by molar-refractivity contribution is 0.0995. The van der Waals surface area contributed by atoms with Crippen molar-refractivity contribution in [1.82, 2.24) is 5.43 Å². The zero-order valence-corrected chi connectivity index (χ0v) is 10.8. The second-order valence-corrected chi connectivity index (χ2v) is 4.96. The zero-order valence-electron chi connectivity index (χ0n) is 10.8. The van der Waals surface area contributed by atoms with Crippen LogP contribution in [-0.2, 0) is 4.74 Å². The first-order valence-electron chi connectivity index (χ1n) is 6.54. The molecule has 1 aliphatic rings. The summed E-state index contributed by atoms with van der Waals surface area (Å²) >= 11 is 0. The molecule has 1 heterocycles. The van der Waals surface area contributed by atoms with Crippen LogP contribution in [0, 0.1) is 12.7 Å². The smallest absolute Gasteiger partial charge is 0.128 e. The SMILES string of the molecule is Cc1ccc(C(CCC2CCCO2)NN)c(F)c1. The molecule has 0 amide bonds. The van der Waals surface area contributed by atoms with Gasteiger partial charge in [0.2, 0.25) is 0 Å². The molecule has 1 aromatic carbocycles. The molecule has 2 unspecified atom stereocenters. The van der Waals surface area contributed by atoms with Crippen LogP contribution < -0.4 is 11.3 Å². The summed E-state index contributed by atoms with van der Waals surface area (Å²) in [6.07, 6.45) is 4.26. The molecule has 1 saturated heterocycles. The minimum atomic E-state index is -0.190. The van der Waals surface area contributed by atoms with Gasteiger partial charge in [0, 0.05) is 18.2 Å². The Balaban J connectivity index is 1.98. The summed E-state index contributed by atoms with van der Waals surface area (Å²) in [7, 11) is 0. The van der Waals surface area contributed by atoms with Gasteiger partial charge in [-0.25, -0.2) is 4.39 Å². The predicted molar refractivity (Wildman–Crippen MR) is 69.4 cm³/mol. The van der Waals surface area contributed by atoms with Gasteiger partial charge in [-0.1, -0.05) is 12.1 Å². The summed E-state index contributed by atoms with van der Waals surface area (Å²) in [4.78, 5) is 0. The molecular weight excluding hydrogens is 231 g/mol. The van der Waals surface area contributed by atoms with Crippen molar-refractivity contribution in [2.24, 2.45) is 5.84 Å². The molecule has 2 rings (SSSR count). The number of halogens is 1. The lowest BCUT2D eigenvalue weighted by Gasteiger charge is -2.19. The highest BCUT2D eigenvalue weighted by Crippen LogP contribution is 2.25. The number of hydrogen-bond donors (Lipinski definition) is 2. The van der Waals surface area contributed by atoms with Crippen molar-refractivity contribution < 1.29 is 9.13 Å². The van der Waals surface area contributed by atoms with Gasteiger partial charge in [-0.2, -0.15) is 0 Å². The van der Waals surface area contributed by atoms with E-state index in [0.29, 0.717) is 11.7 Å². The van der Waals surface area contributed by atoms with E-state index in [2.05, 4.69) is 5.43 Å². The van der Waals surface area contributed by atoms with Crippen molar-refractivity contribution in [3.63, 3.8) is 0 Å². The Labute approximate surface area is 107 Å². The highest BCUT2D eigenvalue weighted by atomic mass is 19.1. The molecule has 100 valence electrons. The van der Waals surface area contributed by atoms with Crippen LogP contribution in [0.5, 0.6) is 0 Å². The van der Waals surface area contributed by atoms with Crippen molar-refractivity contribution in [3.05, 3.63) is 35.1 Å². The number of nitrogens with two attached hydrogens (primary N) is 1. The van der Waals surface area contributed by atoms with Gasteiger partial charge in [-0.3, -0.25) is 11.3 Å². The van der Waals surface area contributed by atoms with Crippen LogP contribution in [-0.4, -0.2) is 12.7 Å². The molecular formula is C14H21FN2O. The van der Waals surface area contributed by atoms with Gasteiger partial charge in [-0.15, -0.1) is 0 Å². The lowest BCUT2D eigenvalue weighted by Crippen LogP contribution is -2.29. The van der Waals surface area contributed by atoms with E-state index in [9.17, 15) is 4.39 Å². The number of nitrogens with one attached hydrogen (secondary N) is 1. The number of ether oxygens (including phenoxy) is 1. The predicted octanol–water partition coefficient (Wildman–Crippen LogP) is 2.60. The molecule has 0 radical (unpaired) electrons. The molecule has 1 aromatic rings. The van der Waals surface area contributed by atoms with Gasteiger partial charge in [0.1, 0.15) is 5.82 Å². The summed E-state index contributed by atoms with van der Waals surface area (Å²) in [6, 6.07) is 5.13. The number of aryl methyl sites for hydroxylation is 1. The average molecular weight is 252 g/mol. The van der Waals surface area contributed by atoms with Crippen molar-refractivity contribution in [1.29, 1.82) is 0 Å². The van der Waals surface area contributed by atoms with Crippen LogP contribution in [0.1, 0.15) is 42.9 Å². The van der Waals surface area contributed by atoms with Gasteiger partial charge >= 0.3 is 0 Å². The van der Waals surface area contributed by atoms with E-state index < -0.39 is 0 Å². The quantitative estimate of drug-likeness (QED) is 0.625. The zero-order chi connectivity index (χ0) is 13.0. The number of rotatable bonds is 5. The van der Waals surface area contributed by atoms with Crippen LogP contribution in [0.3, 0.4) is 0 Å². The summed E-state index contributed by atoms with van der Waals surface area (Å²) in [6.45, 7) is 2.73. The molecule has 0 saturated carbocycles. The van der Waals surface area contributed by atoms with Crippen LogP contribution in [0.2, 0.25) is 0 Å².